The summed E-state index contributed by atoms with van der Waals surface area (Å²) in [6.07, 6.45) is 0.686. The van der Waals surface area contributed by atoms with Gasteiger partial charge in [0.25, 0.3) is 0 Å². The lowest BCUT2D eigenvalue weighted by molar-refractivity contribution is -0.136. The first kappa shape index (κ1) is 15.8. The van der Waals surface area contributed by atoms with Gasteiger partial charge in [0.1, 0.15) is 5.75 Å². The van der Waals surface area contributed by atoms with E-state index in [9.17, 15) is 4.79 Å². The average Bonchev–Trinajstić information content (AvgIpc) is 2.53. The maximum absolute atomic E-state index is 12.6. The second-order valence-electron chi connectivity index (χ2n) is 5.61. The third kappa shape index (κ3) is 4.19. The number of nitrogens with two attached hydrogens (primary N) is 1. The summed E-state index contributed by atoms with van der Waals surface area (Å²) < 4.78 is 5.15. The number of benzene rings is 1. The van der Waals surface area contributed by atoms with Crippen LogP contribution in [0.2, 0.25) is 0 Å². The molecule has 0 aromatic heterocycles. The van der Waals surface area contributed by atoms with Gasteiger partial charge in [-0.05, 0) is 31.2 Å². The highest BCUT2D eigenvalue weighted by atomic mass is 16.5. The second-order valence-corrected chi connectivity index (χ2v) is 5.61. The third-order valence-corrected chi connectivity index (χ3v) is 4.09. The summed E-state index contributed by atoms with van der Waals surface area (Å²) in [7, 11) is 3.73. The monoisotopic (exact) mass is 291 g/mol. The quantitative estimate of drug-likeness (QED) is 0.862. The summed E-state index contributed by atoms with van der Waals surface area (Å²) in [6, 6.07) is 7.84. The van der Waals surface area contributed by atoms with Crippen LogP contribution in [-0.4, -0.2) is 62.6 Å². The molecule has 21 heavy (non-hydrogen) atoms. The van der Waals surface area contributed by atoms with E-state index in [4.69, 9.17) is 10.5 Å². The van der Waals surface area contributed by atoms with E-state index in [2.05, 4.69) is 11.9 Å². The fraction of sp³-hybridized carbons (Fsp3) is 0.562. The van der Waals surface area contributed by atoms with Crippen LogP contribution in [0.3, 0.4) is 0 Å². The number of ether oxygens (including phenoxy) is 1. The Labute approximate surface area is 126 Å². The molecule has 1 aromatic carbocycles. The van der Waals surface area contributed by atoms with Crippen LogP contribution in [0, 0.1) is 5.92 Å². The molecule has 1 atom stereocenters. The molecule has 2 rings (SSSR count). The average molecular weight is 291 g/mol. The van der Waals surface area contributed by atoms with Crippen molar-refractivity contribution in [2.45, 2.75) is 6.42 Å². The molecule has 116 valence electrons. The van der Waals surface area contributed by atoms with Crippen LogP contribution in [0.5, 0.6) is 5.75 Å². The van der Waals surface area contributed by atoms with Gasteiger partial charge in [-0.15, -0.1) is 0 Å². The zero-order chi connectivity index (χ0) is 15.2. The molecule has 2 N–H and O–H groups in total. The second kappa shape index (κ2) is 7.43. The zero-order valence-electron chi connectivity index (χ0n) is 12.9. The molecule has 1 amide bonds. The number of carbonyl (C=O) groups is 1. The fourth-order valence-electron chi connectivity index (χ4n) is 2.60. The van der Waals surface area contributed by atoms with E-state index in [0.717, 1.165) is 37.5 Å². The number of piperazine rings is 1. The van der Waals surface area contributed by atoms with E-state index < -0.39 is 0 Å². The first-order chi connectivity index (χ1) is 10.1. The molecule has 0 radical (unpaired) electrons. The smallest absolute Gasteiger partial charge is 0.227 e. The molecule has 1 heterocycles. The maximum Gasteiger partial charge on any atom is 0.227 e. The summed E-state index contributed by atoms with van der Waals surface area (Å²) in [5, 5.41) is 0. The summed E-state index contributed by atoms with van der Waals surface area (Å²) >= 11 is 0. The minimum atomic E-state index is -0.137. The SMILES string of the molecule is COc1ccc(CC(CN)C(=O)N2CCN(C)CC2)cc1. The van der Waals surface area contributed by atoms with Crippen LogP contribution >= 0.6 is 0 Å². The highest BCUT2D eigenvalue weighted by Gasteiger charge is 2.25. The van der Waals surface area contributed by atoms with E-state index in [1.807, 2.05) is 29.2 Å². The van der Waals surface area contributed by atoms with E-state index in [0.29, 0.717) is 13.0 Å². The molecular formula is C16H25N3O2. The Morgan fingerprint density at radius 1 is 1.24 bits per heavy atom. The van der Waals surface area contributed by atoms with Gasteiger partial charge in [0.15, 0.2) is 0 Å². The number of methoxy groups -OCH3 is 1. The van der Waals surface area contributed by atoms with E-state index in [1.165, 1.54) is 0 Å². The Morgan fingerprint density at radius 2 is 1.86 bits per heavy atom. The number of nitrogens with zero attached hydrogens (tertiary/aromatic N) is 2. The van der Waals surface area contributed by atoms with Crippen molar-refractivity contribution in [1.29, 1.82) is 0 Å². The Hall–Kier alpha value is -1.59. The van der Waals surface area contributed by atoms with Gasteiger partial charge in [-0.2, -0.15) is 0 Å². The highest BCUT2D eigenvalue weighted by Crippen LogP contribution is 2.16. The summed E-state index contributed by atoms with van der Waals surface area (Å²) in [4.78, 5) is 16.8. The van der Waals surface area contributed by atoms with Crippen molar-refractivity contribution >= 4 is 5.91 Å². The van der Waals surface area contributed by atoms with E-state index in [1.54, 1.807) is 7.11 Å². The molecule has 1 unspecified atom stereocenters. The predicted octanol–water partition coefficient (Wildman–Crippen LogP) is 0.587. The summed E-state index contributed by atoms with van der Waals surface area (Å²) in [5.41, 5.74) is 6.95. The van der Waals surface area contributed by atoms with Gasteiger partial charge >= 0.3 is 0 Å². The van der Waals surface area contributed by atoms with E-state index >= 15 is 0 Å². The first-order valence-corrected chi connectivity index (χ1v) is 7.44. The van der Waals surface area contributed by atoms with Crippen molar-refractivity contribution in [2.75, 3.05) is 46.9 Å². The van der Waals surface area contributed by atoms with E-state index in [-0.39, 0.29) is 11.8 Å². The van der Waals surface area contributed by atoms with Crippen LogP contribution in [-0.2, 0) is 11.2 Å². The van der Waals surface area contributed by atoms with Crippen molar-refractivity contribution in [3.05, 3.63) is 29.8 Å². The molecule has 0 spiro atoms. The Morgan fingerprint density at radius 3 is 2.38 bits per heavy atom. The van der Waals surface area contributed by atoms with Crippen LogP contribution < -0.4 is 10.5 Å². The standard InChI is InChI=1S/C16H25N3O2/c1-18-7-9-19(10-8-18)16(20)14(12-17)11-13-3-5-15(21-2)6-4-13/h3-6,14H,7-12,17H2,1-2H3. The van der Waals surface area contributed by atoms with Crippen molar-refractivity contribution in [1.82, 2.24) is 9.80 Å². The number of likely N-dealkylation sites (N-methyl/N-ethyl adjacent to an activating group) is 1. The maximum atomic E-state index is 12.6. The topological polar surface area (TPSA) is 58.8 Å². The normalized spacial score (nSPS) is 17.6. The van der Waals surface area contributed by atoms with Crippen molar-refractivity contribution in [2.24, 2.45) is 11.7 Å². The Balaban J connectivity index is 1.96. The molecule has 1 fully saturated rings. The largest absolute Gasteiger partial charge is 0.497 e. The number of hydrogen-bond acceptors (Lipinski definition) is 4. The van der Waals surface area contributed by atoms with Gasteiger partial charge in [0.2, 0.25) is 5.91 Å². The fourth-order valence-corrected chi connectivity index (χ4v) is 2.60. The lowest BCUT2D eigenvalue weighted by Crippen LogP contribution is -2.50. The molecule has 0 bridgehead atoms. The van der Waals surface area contributed by atoms with Gasteiger partial charge in [0.05, 0.1) is 13.0 Å². The molecular weight excluding hydrogens is 266 g/mol. The Bertz CT molecular complexity index is 453. The van der Waals surface area contributed by atoms with Crippen LogP contribution in [0.25, 0.3) is 0 Å². The predicted molar refractivity (Wildman–Crippen MR) is 83.3 cm³/mol. The van der Waals surface area contributed by atoms with Crippen molar-refractivity contribution in [3.63, 3.8) is 0 Å². The molecule has 1 saturated heterocycles. The lowest BCUT2D eigenvalue weighted by atomic mass is 9.97. The van der Waals surface area contributed by atoms with Gasteiger partial charge in [-0.1, -0.05) is 12.1 Å². The minimum absolute atomic E-state index is 0.137. The van der Waals surface area contributed by atoms with Crippen LogP contribution in [0.15, 0.2) is 24.3 Å². The lowest BCUT2D eigenvalue weighted by Gasteiger charge is -2.34. The zero-order valence-corrected chi connectivity index (χ0v) is 12.9. The number of rotatable bonds is 5. The van der Waals surface area contributed by atoms with Crippen LogP contribution in [0.1, 0.15) is 5.56 Å². The highest BCUT2D eigenvalue weighted by molar-refractivity contribution is 5.79. The third-order valence-electron chi connectivity index (χ3n) is 4.09. The molecule has 1 aromatic rings. The van der Waals surface area contributed by atoms with Gasteiger partial charge in [0, 0.05) is 32.7 Å². The van der Waals surface area contributed by atoms with Crippen LogP contribution in [0.4, 0.5) is 0 Å². The molecule has 0 saturated carbocycles. The minimum Gasteiger partial charge on any atom is -0.497 e. The summed E-state index contributed by atoms with van der Waals surface area (Å²) in [5.74, 6) is 0.872. The first-order valence-electron chi connectivity index (χ1n) is 7.44. The van der Waals surface area contributed by atoms with Gasteiger partial charge in [-0.3, -0.25) is 4.79 Å². The Kier molecular flexibility index (Phi) is 5.59. The number of carbonyl (C=O) groups excluding carboxylic acids is 1. The van der Waals surface area contributed by atoms with Crippen molar-refractivity contribution < 1.29 is 9.53 Å². The van der Waals surface area contributed by atoms with Crippen molar-refractivity contribution in [3.8, 4) is 5.75 Å². The molecule has 5 heteroatoms. The number of amides is 1. The molecule has 5 nitrogen and oxygen atoms in total. The molecule has 0 aliphatic carbocycles. The summed E-state index contributed by atoms with van der Waals surface area (Å²) in [6.45, 7) is 3.86. The number of hydrogen-bond donors (Lipinski definition) is 1. The molecule has 1 aliphatic heterocycles. The molecule has 1 aliphatic rings. The van der Waals surface area contributed by atoms with Gasteiger partial charge < -0.3 is 20.3 Å². The van der Waals surface area contributed by atoms with Gasteiger partial charge in [-0.25, -0.2) is 0 Å².